The van der Waals surface area contributed by atoms with E-state index < -0.39 is 11.4 Å². The van der Waals surface area contributed by atoms with Gasteiger partial charge in [0.15, 0.2) is 0 Å². The van der Waals surface area contributed by atoms with Crippen LogP contribution in [0, 0.1) is 5.41 Å². The standard InChI is InChI=1S/C16H19NO4/c1-9-10(2)21-13-11(9)4-3-5-12(13)14(18)17-8-16(6-7-16)15(19)20/h3-5,9-10H,6-8H2,1-2H3,(H,17,18)(H,19,20). The zero-order chi connectivity index (χ0) is 15.2. The average Bonchev–Trinajstić information content (AvgIpc) is 3.20. The van der Waals surface area contributed by atoms with Crippen molar-refractivity contribution in [2.45, 2.75) is 38.7 Å². The topological polar surface area (TPSA) is 75.6 Å². The third kappa shape index (κ3) is 2.26. The molecule has 1 amide bonds. The van der Waals surface area contributed by atoms with Crippen molar-refractivity contribution >= 4 is 11.9 Å². The molecule has 1 saturated carbocycles. The molecule has 0 radical (unpaired) electrons. The highest BCUT2D eigenvalue weighted by Gasteiger charge is 2.50. The van der Waals surface area contributed by atoms with Crippen LogP contribution in [0.4, 0.5) is 0 Å². The highest BCUT2D eigenvalue weighted by atomic mass is 16.5. The lowest BCUT2D eigenvalue weighted by molar-refractivity contribution is -0.143. The second kappa shape index (κ2) is 4.76. The van der Waals surface area contributed by atoms with Gasteiger partial charge in [-0.15, -0.1) is 0 Å². The van der Waals surface area contributed by atoms with Crippen molar-refractivity contribution in [1.29, 1.82) is 0 Å². The number of amides is 1. The summed E-state index contributed by atoms with van der Waals surface area (Å²) in [5.74, 6) is -0.211. The zero-order valence-electron chi connectivity index (χ0n) is 12.2. The first-order valence-corrected chi connectivity index (χ1v) is 7.26. The monoisotopic (exact) mass is 289 g/mol. The Hall–Kier alpha value is -2.04. The first kappa shape index (κ1) is 13.9. The largest absolute Gasteiger partial charge is 0.489 e. The number of rotatable bonds is 4. The van der Waals surface area contributed by atoms with Gasteiger partial charge in [0.2, 0.25) is 0 Å². The number of fused-ring (bicyclic) bond motifs is 1. The quantitative estimate of drug-likeness (QED) is 0.890. The van der Waals surface area contributed by atoms with E-state index in [9.17, 15) is 9.59 Å². The third-order valence-corrected chi connectivity index (χ3v) is 4.68. The summed E-state index contributed by atoms with van der Waals surface area (Å²) in [6.45, 7) is 4.23. The molecule has 0 saturated heterocycles. The fourth-order valence-electron chi connectivity index (χ4n) is 2.73. The number of nitrogens with one attached hydrogen (secondary N) is 1. The Kier molecular flexibility index (Phi) is 3.15. The molecule has 5 nitrogen and oxygen atoms in total. The van der Waals surface area contributed by atoms with Gasteiger partial charge >= 0.3 is 5.97 Å². The number of carbonyl (C=O) groups excluding carboxylic acids is 1. The molecular formula is C16H19NO4. The van der Waals surface area contributed by atoms with E-state index in [2.05, 4.69) is 12.2 Å². The fourth-order valence-corrected chi connectivity index (χ4v) is 2.73. The summed E-state index contributed by atoms with van der Waals surface area (Å²) in [5, 5.41) is 11.9. The minimum Gasteiger partial charge on any atom is -0.489 e. The smallest absolute Gasteiger partial charge is 0.311 e. The van der Waals surface area contributed by atoms with Crippen molar-refractivity contribution in [2.24, 2.45) is 5.41 Å². The van der Waals surface area contributed by atoms with Crippen molar-refractivity contribution < 1.29 is 19.4 Å². The van der Waals surface area contributed by atoms with Gasteiger partial charge < -0.3 is 15.2 Å². The predicted molar refractivity (Wildman–Crippen MR) is 76.6 cm³/mol. The Morgan fingerprint density at radius 3 is 2.71 bits per heavy atom. The molecule has 1 fully saturated rings. The van der Waals surface area contributed by atoms with E-state index in [1.807, 2.05) is 19.1 Å². The summed E-state index contributed by atoms with van der Waals surface area (Å²) in [4.78, 5) is 23.5. The van der Waals surface area contributed by atoms with Crippen LogP contribution in [0.2, 0.25) is 0 Å². The first-order chi connectivity index (χ1) is 9.94. The van der Waals surface area contributed by atoms with E-state index in [0.29, 0.717) is 24.2 Å². The summed E-state index contributed by atoms with van der Waals surface area (Å²) >= 11 is 0. The highest BCUT2D eigenvalue weighted by molar-refractivity contribution is 5.98. The van der Waals surface area contributed by atoms with Crippen molar-refractivity contribution in [3.05, 3.63) is 29.3 Å². The molecule has 1 aliphatic carbocycles. The predicted octanol–water partition coefficient (Wildman–Crippen LogP) is 2.17. The van der Waals surface area contributed by atoms with Crippen LogP contribution in [-0.4, -0.2) is 29.6 Å². The van der Waals surface area contributed by atoms with Gasteiger partial charge in [0.25, 0.3) is 5.91 Å². The van der Waals surface area contributed by atoms with Crippen LogP contribution in [0.25, 0.3) is 0 Å². The molecule has 0 aromatic heterocycles. The third-order valence-electron chi connectivity index (χ3n) is 4.68. The van der Waals surface area contributed by atoms with Crippen molar-refractivity contribution in [2.75, 3.05) is 6.54 Å². The van der Waals surface area contributed by atoms with Gasteiger partial charge in [-0.2, -0.15) is 0 Å². The number of carboxylic acid groups (broad SMARTS) is 1. The number of carboxylic acids is 1. The van der Waals surface area contributed by atoms with E-state index in [-0.39, 0.29) is 24.5 Å². The average molecular weight is 289 g/mol. The molecule has 5 heteroatoms. The molecule has 1 aliphatic heterocycles. The van der Waals surface area contributed by atoms with Gasteiger partial charge in [-0.3, -0.25) is 9.59 Å². The molecule has 0 spiro atoms. The molecule has 2 atom stereocenters. The molecule has 1 aromatic rings. The van der Waals surface area contributed by atoms with Gasteiger partial charge in [-0.1, -0.05) is 19.1 Å². The molecular weight excluding hydrogens is 270 g/mol. The summed E-state index contributed by atoms with van der Waals surface area (Å²) < 4.78 is 5.79. The molecule has 0 bridgehead atoms. The van der Waals surface area contributed by atoms with Gasteiger partial charge in [-0.25, -0.2) is 0 Å². The maximum absolute atomic E-state index is 12.3. The molecule has 112 valence electrons. The number of carbonyl (C=O) groups is 2. The van der Waals surface area contributed by atoms with Gasteiger partial charge in [0.1, 0.15) is 11.9 Å². The molecule has 2 unspecified atom stereocenters. The van der Waals surface area contributed by atoms with E-state index in [1.54, 1.807) is 6.07 Å². The van der Waals surface area contributed by atoms with Crippen molar-refractivity contribution in [3.8, 4) is 5.75 Å². The van der Waals surface area contributed by atoms with E-state index >= 15 is 0 Å². The zero-order valence-corrected chi connectivity index (χ0v) is 12.2. The summed E-state index contributed by atoms with van der Waals surface area (Å²) in [5.41, 5.74) is 0.772. The van der Waals surface area contributed by atoms with Crippen LogP contribution >= 0.6 is 0 Å². The molecule has 1 aromatic carbocycles. The number of hydrogen-bond donors (Lipinski definition) is 2. The van der Waals surface area contributed by atoms with Crippen LogP contribution in [-0.2, 0) is 4.79 Å². The second-order valence-corrected chi connectivity index (χ2v) is 6.10. The maximum atomic E-state index is 12.3. The lowest BCUT2D eigenvalue weighted by atomic mass is 9.96. The summed E-state index contributed by atoms with van der Waals surface area (Å²) in [6, 6.07) is 5.54. The minimum absolute atomic E-state index is 0.0442. The number of para-hydroxylation sites is 1. The number of benzene rings is 1. The fraction of sp³-hybridized carbons (Fsp3) is 0.500. The van der Waals surface area contributed by atoms with E-state index in [1.165, 1.54) is 0 Å². The number of ether oxygens (including phenoxy) is 1. The van der Waals surface area contributed by atoms with Crippen LogP contribution in [0.3, 0.4) is 0 Å². The Morgan fingerprint density at radius 1 is 1.38 bits per heavy atom. The Bertz CT molecular complexity index is 606. The van der Waals surface area contributed by atoms with E-state index in [4.69, 9.17) is 9.84 Å². The molecule has 1 heterocycles. The van der Waals surface area contributed by atoms with Crippen molar-refractivity contribution in [3.63, 3.8) is 0 Å². The van der Waals surface area contributed by atoms with Crippen LogP contribution in [0.1, 0.15) is 48.5 Å². The normalized spacial score (nSPS) is 24.9. The van der Waals surface area contributed by atoms with Crippen LogP contribution in [0.5, 0.6) is 5.75 Å². The SMILES string of the molecule is CC1Oc2c(C(=O)NCC3(C(=O)O)CC3)cccc2C1C. The van der Waals surface area contributed by atoms with Gasteiger partial charge in [-0.05, 0) is 25.8 Å². The van der Waals surface area contributed by atoms with Crippen molar-refractivity contribution in [1.82, 2.24) is 5.32 Å². The summed E-state index contributed by atoms with van der Waals surface area (Å²) in [6.07, 6.45) is 1.29. The molecule has 2 N–H and O–H groups in total. The highest BCUT2D eigenvalue weighted by Crippen LogP contribution is 2.45. The summed E-state index contributed by atoms with van der Waals surface area (Å²) in [7, 11) is 0. The lowest BCUT2D eigenvalue weighted by Gasteiger charge is -2.13. The number of aliphatic carboxylic acids is 1. The lowest BCUT2D eigenvalue weighted by Crippen LogP contribution is -2.34. The minimum atomic E-state index is -0.834. The molecule has 21 heavy (non-hydrogen) atoms. The van der Waals surface area contributed by atoms with Crippen LogP contribution < -0.4 is 10.1 Å². The van der Waals surface area contributed by atoms with E-state index in [0.717, 1.165) is 5.56 Å². The molecule has 3 rings (SSSR count). The second-order valence-electron chi connectivity index (χ2n) is 6.10. The molecule has 2 aliphatic rings. The van der Waals surface area contributed by atoms with Gasteiger partial charge in [0.05, 0.1) is 11.0 Å². The Morgan fingerprint density at radius 2 is 2.10 bits per heavy atom. The number of hydrogen-bond acceptors (Lipinski definition) is 3. The first-order valence-electron chi connectivity index (χ1n) is 7.26. The van der Waals surface area contributed by atoms with Gasteiger partial charge in [0, 0.05) is 18.0 Å². The Balaban J connectivity index is 1.76. The maximum Gasteiger partial charge on any atom is 0.311 e. The van der Waals surface area contributed by atoms with Crippen LogP contribution in [0.15, 0.2) is 18.2 Å². The Labute approximate surface area is 123 Å².